The highest BCUT2D eigenvalue weighted by molar-refractivity contribution is 6.76. The van der Waals surface area contributed by atoms with Gasteiger partial charge in [0.15, 0.2) is 0 Å². The highest BCUT2D eigenvalue weighted by atomic mass is 35.6. The summed E-state index contributed by atoms with van der Waals surface area (Å²) in [5, 5.41) is 2.60. The van der Waals surface area contributed by atoms with Crippen LogP contribution in [0.4, 0.5) is 11.4 Å². The summed E-state index contributed by atoms with van der Waals surface area (Å²) in [7, 11) is 0. The first-order chi connectivity index (χ1) is 8.79. The number of hydrogen-bond acceptors (Lipinski definition) is 2. The number of anilines is 2. The van der Waals surface area contributed by atoms with Crippen LogP contribution >= 0.6 is 34.8 Å². The maximum atomic E-state index is 11.6. The van der Waals surface area contributed by atoms with E-state index in [1.165, 1.54) is 0 Å². The summed E-state index contributed by atoms with van der Waals surface area (Å²) >= 11 is 16.6. The summed E-state index contributed by atoms with van der Waals surface area (Å²) in [6.45, 7) is 7.95. The zero-order valence-electron chi connectivity index (χ0n) is 11.1. The molecule has 0 saturated heterocycles. The first-order valence-corrected chi connectivity index (χ1v) is 7.16. The number of hydrogen-bond donors (Lipinski definition) is 1. The van der Waals surface area contributed by atoms with Gasteiger partial charge in [0, 0.05) is 24.5 Å². The maximum Gasteiger partial charge on any atom is 0.276 e. The molecular formula is C13H17Cl3N2O. The zero-order valence-corrected chi connectivity index (χ0v) is 13.4. The van der Waals surface area contributed by atoms with Crippen molar-refractivity contribution in [2.75, 3.05) is 23.3 Å². The number of alkyl halides is 3. The van der Waals surface area contributed by atoms with Gasteiger partial charge in [0.1, 0.15) is 0 Å². The molecule has 0 aliphatic carbocycles. The molecule has 6 heteroatoms. The Morgan fingerprint density at radius 1 is 1.26 bits per heavy atom. The van der Waals surface area contributed by atoms with Crippen LogP contribution in [-0.2, 0) is 4.79 Å². The number of nitrogens with one attached hydrogen (secondary N) is 1. The molecule has 106 valence electrons. The van der Waals surface area contributed by atoms with Crippen LogP contribution in [0.1, 0.15) is 19.4 Å². The van der Waals surface area contributed by atoms with Crippen molar-refractivity contribution in [2.24, 2.45) is 0 Å². The van der Waals surface area contributed by atoms with Gasteiger partial charge in [0.25, 0.3) is 9.70 Å². The summed E-state index contributed by atoms with van der Waals surface area (Å²) in [4.78, 5) is 13.8. The number of benzene rings is 1. The normalized spacial score (nSPS) is 11.3. The number of aryl methyl sites for hydroxylation is 1. The van der Waals surface area contributed by atoms with E-state index in [4.69, 9.17) is 34.8 Å². The Morgan fingerprint density at radius 3 is 2.26 bits per heavy atom. The third-order valence-corrected chi connectivity index (χ3v) is 3.36. The first-order valence-electron chi connectivity index (χ1n) is 6.03. The van der Waals surface area contributed by atoms with Crippen molar-refractivity contribution < 1.29 is 4.79 Å². The van der Waals surface area contributed by atoms with E-state index in [9.17, 15) is 4.79 Å². The molecule has 1 rings (SSSR count). The molecule has 0 heterocycles. The third-order valence-electron chi connectivity index (χ3n) is 2.84. The van der Waals surface area contributed by atoms with Crippen molar-refractivity contribution in [2.45, 2.75) is 24.6 Å². The molecule has 0 spiro atoms. The minimum Gasteiger partial charge on any atom is -0.372 e. The topological polar surface area (TPSA) is 32.3 Å². The molecule has 0 unspecified atom stereocenters. The van der Waals surface area contributed by atoms with Gasteiger partial charge in [-0.25, -0.2) is 0 Å². The van der Waals surface area contributed by atoms with Gasteiger partial charge in [-0.2, -0.15) is 0 Å². The van der Waals surface area contributed by atoms with Crippen LogP contribution in [0.25, 0.3) is 0 Å². The van der Waals surface area contributed by atoms with Gasteiger partial charge in [0.2, 0.25) is 0 Å². The SMILES string of the molecule is CCN(CC)c1ccc(NC(=O)C(Cl)(Cl)Cl)c(C)c1. The van der Waals surface area contributed by atoms with Crippen LogP contribution in [0.2, 0.25) is 0 Å². The number of halogens is 3. The van der Waals surface area contributed by atoms with E-state index in [1.54, 1.807) is 0 Å². The van der Waals surface area contributed by atoms with Crippen LogP contribution in [0, 0.1) is 6.92 Å². The van der Waals surface area contributed by atoms with Crippen LogP contribution in [-0.4, -0.2) is 22.8 Å². The second-order valence-corrected chi connectivity index (χ2v) is 6.40. The fraction of sp³-hybridized carbons (Fsp3) is 0.462. The monoisotopic (exact) mass is 322 g/mol. The lowest BCUT2D eigenvalue weighted by molar-refractivity contribution is -0.115. The Balaban J connectivity index is 2.92. The highest BCUT2D eigenvalue weighted by Gasteiger charge is 2.30. The fourth-order valence-corrected chi connectivity index (χ4v) is 1.91. The molecular weight excluding hydrogens is 307 g/mol. The van der Waals surface area contributed by atoms with Gasteiger partial charge in [-0.15, -0.1) is 0 Å². The molecule has 0 radical (unpaired) electrons. The largest absolute Gasteiger partial charge is 0.372 e. The van der Waals surface area contributed by atoms with Crippen LogP contribution in [0.3, 0.4) is 0 Å². The van der Waals surface area contributed by atoms with E-state index in [-0.39, 0.29) is 0 Å². The molecule has 0 aliphatic heterocycles. The summed E-state index contributed by atoms with van der Waals surface area (Å²) in [5.74, 6) is -0.656. The van der Waals surface area contributed by atoms with Gasteiger partial charge in [-0.1, -0.05) is 34.8 Å². The average Bonchev–Trinajstić information content (AvgIpc) is 2.32. The highest BCUT2D eigenvalue weighted by Crippen LogP contribution is 2.29. The summed E-state index contributed by atoms with van der Waals surface area (Å²) in [5.41, 5.74) is 2.67. The molecule has 1 aromatic rings. The predicted octanol–water partition coefficient (Wildman–Crippen LogP) is 4.15. The van der Waals surface area contributed by atoms with Crippen LogP contribution < -0.4 is 10.2 Å². The number of amides is 1. The van der Waals surface area contributed by atoms with E-state index < -0.39 is 9.70 Å². The van der Waals surface area contributed by atoms with E-state index in [2.05, 4.69) is 24.1 Å². The van der Waals surface area contributed by atoms with Gasteiger partial charge in [-0.3, -0.25) is 4.79 Å². The molecule has 0 bridgehead atoms. The van der Waals surface area contributed by atoms with E-state index in [1.807, 2.05) is 25.1 Å². The lowest BCUT2D eigenvalue weighted by atomic mass is 10.1. The van der Waals surface area contributed by atoms with Crippen LogP contribution in [0.5, 0.6) is 0 Å². The molecule has 0 saturated carbocycles. The summed E-state index contributed by atoms with van der Waals surface area (Å²) in [6, 6.07) is 5.76. The van der Waals surface area contributed by atoms with E-state index in [0.717, 1.165) is 24.3 Å². The van der Waals surface area contributed by atoms with Crippen molar-refractivity contribution in [3.8, 4) is 0 Å². The molecule has 0 aliphatic rings. The molecule has 3 nitrogen and oxygen atoms in total. The smallest absolute Gasteiger partial charge is 0.276 e. The van der Waals surface area contributed by atoms with Crippen LogP contribution in [0.15, 0.2) is 18.2 Å². The molecule has 1 amide bonds. The first kappa shape index (κ1) is 16.4. The Bertz CT molecular complexity index is 454. The minimum atomic E-state index is -1.95. The van der Waals surface area contributed by atoms with Gasteiger partial charge >= 0.3 is 0 Å². The fourth-order valence-electron chi connectivity index (χ4n) is 1.77. The second kappa shape index (κ2) is 6.69. The molecule has 19 heavy (non-hydrogen) atoms. The van der Waals surface area contributed by atoms with Crippen molar-refractivity contribution in [3.63, 3.8) is 0 Å². The zero-order chi connectivity index (χ0) is 14.6. The summed E-state index contributed by atoms with van der Waals surface area (Å²) in [6.07, 6.45) is 0. The number of carbonyl (C=O) groups is 1. The Morgan fingerprint density at radius 2 is 1.84 bits per heavy atom. The van der Waals surface area contributed by atoms with Crippen molar-refractivity contribution in [1.82, 2.24) is 0 Å². The number of rotatable bonds is 4. The molecule has 0 atom stereocenters. The second-order valence-electron chi connectivity index (χ2n) is 4.12. The lowest BCUT2D eigenvalue weighted by Gasteiger charge is -2.22. The standard InChI is InChI=1S/C13H17Cl3N2O/c1-4-18(5-2)10-6-7-11(9(3)8-10)17-12(19)13(14,15)16/h6-8H,4-5H2,1-3H3,(H,17,19). The third kappa shape index (κ3) is 4.44. The summed E-state index contributed by atoms with van der Waals surface area (Å²) < 4.78 is -1.95. The lowest BCUT2D eigenvalue weighted by Crippen LogP contribution is -2.27. The Kier molecular flexibility index (Phi) is 5.78. The molecule has 1 N–H and O–H groups in total. The average molecular weight is 324 g/mol. The van der Waals surface area contributed by atoms with E-state index >= 15 is 0 Å². The number of nitrogens with zero attached hydrogens (tertiary/aromatic N) is 1. The molecule has 1 aromatic carbocycles. The molecule has 0 fully saturated rings. The van der Waals surface area contributed by atoms with Gasteiger partial charge in [-0.05, 0) is 44.5 Å². The number of carbonyl (C=O) groups excluding carboxylic acids is 1. The van der Waals surface area contributed by atoms with E-state index in [0.29, 0.717) is 5.69 Å². The van der Waals surface area contributed by atoms with Gasteiger partial charge in [0.05, 0.1) is 0 Å². The van der Waals surface area contributed by atoms with Crippen molar-refractivity contribution >= 4 is 52.1 Å². The Hall–Kier alpha value is -0.640. The van der Waals surface area contributed by atoms with Gasteiger partial charge < -0.3 is 10.2 Å². The maximum absolute atomic E-state index is 11.6. The predicted molar refractivity (Wildman–Crippen MR) is 83.7 cm³/mol. The molecule has 0 aromatic heterocycles. The Labute approximate surface area is 128 Å². The van der Waals surface area contributed by atoms with Crippen molar-refractivity contribution in [1.29, 1.82) is 0 Å². The quantitative estimate of drug-likeness (QED) is 0.844. The minimum absolute atomic E-state index is 0.646. The van der Waals surface area contributed by atoms with Crippen molar-refractivity contribution in [3.05, 3.63) is 23.8 Å².